The smallest absolute Gasteiger partial charge is 0.127 e. The number of rotatable bonds is 5. The van der Waals surface area contributed by atoms with Gasteiger partial charge in [-0.1, -0.05) is 36.4 Å². The number of nitrogens with zero attached hydrogens (tertiary/aromatic N) is 2. The minimum absolute atomic E-state index is 0. The summed E-state index contributed by atoms with van der Waals surface area (Å²) in [7, 11) is -1.82. The van der Waals surface area contributed by atoms with Gasteiger partial charge in [0, 0.05) is 31.9 Å². The van der Waals surface area contributed by atoms with Gasteiger partial charge in [-0.3, -0.25) is 0 Å². The number of morpholine rings is 2. The second-order valence-electron chi connectivity index (χ2n) is 8.55. The molecule has 0 aliphatic carbocycles. The van der Waals surface area contributed by atoms with E-state index in [0.717, 1.165) is 52.6 Å². The van der Waals surface area contributed by atoms with Crippen LogP contribution in [-0.2, 0) is 9.47 Å². The van der Waals surface area contributed by atoms with E-state index in [1.54, 1.807) is 0 Å². The van der Waals surface area contributed by atoms with Crippen molar-refractivity contribution in [2.24, 2.45) is 0 Å². The minimum atomic E-state index is -1.82. The van der Waals surface area contributed by atoms with E-state index in [0.29, 0.717) is 0 Å². The van der Waals surface area contributed by atoms with E-state index in [1.165, 1.54) is 27.3 Å². The molecule has 6 heteroatoms. The van der Waals surface area contributed by atoms with Crippen molar-refractivity contribution in [3.8, 4) is 0 Å². The zero-order valence-corrected chi connectivity index (χ0v) is 22.5. The van der Waals surface area contributed by atoms with Crippen LogP contribution >= 0.6 is 31.2 Å². The molecule has 0 atom stereocenters. The van der Waals surface area contributed by atoms with E-state index >= 15 is 0 Å². The summed E-state index contributed by atoms with van der Waals surface area (Å²) in [5.41, 5.74) is 2.66. The lowest BCUT2D eigenvalue weighted by Gasteiger charge is -2.35. The predicted octanol–water partition coefficient (Wildman–Crippen LogP) is 3.90. The van der Waals surface area contributed by atoms with Gasteiger partial charge < -0.3 is 19.3 Å². The van der Waals surface area contributed by atoms with Gasteiger partial charge in [0.15, 0.2) is 0 Å². The van der Waals surface area contributed by atoms with Crippen molar-refractivity contribution >= 4 is 58.5 Å². The Morgan fingerprint density at radius 3 is 1.64 bits per heavy atom. The standard InChI is InChI=1S/C27H32N2O2P.HI/c1-32(24-8-4-2-5-9-24,25-10-6-3-7-11-25)27-13-12-23(28-14-18-30-19-15-28)22-26(27)29-16-20-31-21-17-29;/h2-13,22H,14-21H2,1H3;1H/q+1;. The summed E-state index contributed by atoms with van der Waals surface area (Å²) in [5.74, 6) is 0. The van der Waals surface area contributed by atoms with Crippen LogP contribution in [0, 0.1) is 0 Å². The Morgan fingerprint density at radius 1 is 0.636 bits per heavy atom. The Kier molecular flexibility index (Phi) is 8.29. The number of hydrogen-bond donors (Lipinski definition) is 0. The molecule has 0 bridgehead atoms. The molecular formula is C27H33IN2O2P+. The highest BCUT2D eigenvalue weighted by Gasteiger charge is 2.43. The summed E-state index contributed by atoms with van der Waals surface area (Å²) in [6.07, 6.45) is 0. The first kappa shape index (κ1) is 24.5. The number of benzene rings is 3. The van der Waals surface area contributed by atoms with Gasteiger partial charge in [-0.25, -0.2) is 0 Å². The van der Waals surface area contributed by atoms with Gasteiger partial charge in [-0.15, -0.1) is 24.0 Å². The van der Waals surface area contributed by atoms with Crippen LogP contribution in [0.1, 0.15) is 0 Å². The van der Waals surface area contributed by atoms with Crippen LogP contribution in [0.25, 0.3) is 0 Å². The zero-order chi connectivity index (χ0) is 21.8. The molecule has 2 heterocycles. The monoisotopic (exact) mass is 575 g/mol. The van der Waals surface area contributed by atoms with Crippen LogP contribution in [0.4, 0.5) is 11.4 Å². The molecule has 4 nitrogen and oxygen atoms in total. The quantitative estimate of drug-likeness (QED) is 0.341. The number of ether oxygens (including phenoxy) is 2. The summed E-state index contributed by atoms with van der Waals surface area (Å²) in [5, 5.41) is 4.29. The number of halogens is 1. The Balaban J connectivity index is 0.00000259. The minimum Gasteiger partial charge on any atom is -0.378 e. The van der Waals surface area contributed by atoms with Crippen molar-refractivity contribution in [1.29, 1.82) is 0 Å². The van der Waals surface area contributed by atoms with Crippen LogP contribution in [0.5, 0.6) is 0 Å². The van der Waals surface area contributed by atoms with Crippen LogP contribution < -0.4 is 25.7 Å². The van der Waals surface area contributed by atoms with Crippen molar-refractivity contribution in [2.45, 2.75) is 0 Å². The first-order valence-electron chi connectivity index (χ1n) is 11.5. The van der Waals surface area contributed by atoms with Gasteiger partial charge in [-0.05, 0) is 42.5 Å². The molecular weight excluding hydrogens is 542 g/mol. The molecule has 2 aliphatic rings. The fourth-order valence-electron chi connectivity index (χ4n) is 4.85. The molecule has 2 aliphatic heterocycles. The molecule has 33 heavy (non-hydrogen) atoms. The van der Waals surface area contributed by atoms with Crippen molar-refractivity contribution in [1.82, 2.24) is 0 Å². The van der Waals surface area contributed by atoms with Gasteiger partial charge in [-0.2, -0.15) is 0 Å². The normalized spacial score (nSPS) is 16.9. The van der Waals surface area contributed by atoms with Crippen molar-refractivity contribution in [2.75, 3.05) is 69.1 Å². The van der Waals surface area contributed by atoms with Crippen LogP contribution in [0.2, 0.25) is 0 Å². The number of hydrogen-bond acceptors (Lipinski definition) is 4. The highest BCUT2D eigenvalue weighted by molar-refractivity contribution is 14.0. The topological polar surface area (TPSA) is 24.9 Å². The molecule has 0 spiro atoms. The maximum Gasteiger partial charge on any atom is 0.127 e. The average Bonchev–Trinajstić information content (AvgIpc) is 2.90. The molecule has 3 aromatic carbocycles. The van der Waals surface area contributed by atoms with E-state index in [2.05, 4.69) is 95.3 Å². The molecule has 0 N–H and O–H groups in total. The first-order chi connectivity index (χ1) is 15.8. The Bertz CT molecular complexity index is 983. The van der Waals surface area contributed by atoms with E-state index in [1.807, 2.05) is 0 Å². The molecule has 5 rings (SSSR count). The van der Waals surface area contributed by atoms with Gasteiger partial charge in [0.1, 0.15) is 23.2 Å². The fourth-order valence-corrected chi connectivity index (χ4v) is 8.27. The maximum atomic E-state index is 5.70. The highest BCUT2D eigenvalue weighted by atomic mass is 127. The lowest BCUT2D eigenvalue weighted by Crippen LogP contribution is -2.42. The third-order valence-electron chi connectivity index (χ3n) is 6.71. The van der Waals surface area contributed by atoms with E-state index in [9.17, 15) is 0 Å². The SMILES string of the molecule is C[P+](c1ccccc1)(c1ccccc1)c1ccc(N2CCOCC2)cc1N1CCOCC1.I. The molecule has 0 unspecified atom stereocenters. The molecule has 0 radical (unpaired) electrons. The zero-order valence-electron chi connectivity index (χ0n) is 19.2. The Morgan fingerprint density at radius 2 is 1.12 bits per heavy atom. The maximum absolute atomic E-state index is 5.70. The van der Waals surface area contributed by atoms with Gasteiger partial charge in [0.05, 0.1) is 38.8 Å². The molecule has 0 aromatic heterocycles. The molecule has 0 saturated carbocycles. The summed E-state index contributed by atoms with van der Waals surface area (Å²) < 4.78 is 11.3. The van der Waals surface area contributed by atoms with Gasteiger partial charge >= 0.3 is 0 Å². The second kappa shape index (κ2) is 11.2. The Labute approximate surface area is 215 Å². The third-order valence-corrected chi connectivity index (χ3v) is 10.7. The molecule has 0 amide bonds. The molecule has 2 saturated heterocycles. The molecule has 174 valence electrons. The van der Waals surface area contributed by atoms with Crippen LogP contribution in [0.3, 0.4) is 0 Å². The lowest BCUT2D eigenvalue weighted by molar-refractivity contribution is 0.122. The summed E-state index contributed by atoms with van der Waals surface area (Å²) in [6, 6.07) is 29.3. The fraction of sp³-hybridized carbons (Fsp3) is 0.333. The average molecular weight is 575 g/mol. The number of anilines is 2. The van der Waals surface area contributed by atoms with Gasteiger partial charge in [0.2, 0.25) is 0 Å². The molecule has 3 aromatic rings. The van der Waals surface area contributed by atoms with Crippen LogP contribution in [-0.4, -0.2) is 59.3 Å². The summed E-state index contributed by atoms with van der Waals surface area (Å²) in [6.45, 7) is 9.41. The largest absolute Gasteiger partial charge is 0.378 e. The van der Waals surface area contributed by atoms with E-state index in [-0.39, 0.29) is 24.0 Å². The van der Waals surface area contributed by atoms with E-state index < -0.39 is 7.26 Å². The summed E-state index contributed by atoms with van der Waals surface area (Å²) >= 11 is 0. The van der Waals surface area contributed by atoms with E-state index in [4.69, 9.17) is 9.47 Å². The van der Waals surface area contributed by atoms with Crippen molar-refractivity contribution in [3.05, 3.63) is 78.9 Å². The lowest BCUT2D eigenvalue weighted by atomic mass is 10.2. The van der Waals surface area contributed by atoms with Gasteiger partial charge in [0.25, 0.3) is 0 Å². The first-order valence-corrected chi connectivity index (χ1v) is 13.8. The van der Waals surface area contributed by atoms with Crippen molar-refractivity contribution < 1.29 is 9.47 Å². The Hall–Kier alpha value is -1.66. The summed E-state index contributed by atoms with van der Waals surface area (Å²) in [4.78, 5) is 4.99. The van der Waals surface area contributed by atoms with Crippen LogP contribution in [0.15, 0.2) is 78.9 Å². The highest BCUT2D eigenvalue weighted by Crippen LogP contribution is 2.54. The predicted molar refractivity (Wildman–Crippen MR) is 153 cm³/mol. The molecule has 2 fully saturated rings. The van der Waals surface area contributed by atoms with Crippen molar-refractivity contribution in [3.63, 3.8) is 0 Å². The second-order valence-corrected chi connectivity index (χ2v) is 12.1. The third kappa shape index (κ3) is 5.07.